The van der Waals surface area contributed by atoms with Crippen LogP contribution in [0.15, 0.2) is 54.9 Å². The van der Waals surface area contributed by atoms with E-state index in [-0.39, 0.29) is 11.9 Å². The van der Waals surface area contributed by atoms with Crippen LogP contribution in [0.2, 0.25) is 0 Å². The van der Waals surface area contributed by atoms with Gasteiger partial charge < -0.3 is 10.3 Å². The van der Waals surface area contributed by atoms with Gasteiger partial charge in [-0.05, 0) is 48.4 Å². The van der Waals surface area contributed by atoms with Crippen molar-refractivity contribution in [2.24, 2.45) is 5.92 Å². The zero-order valence-electron chi connectivity index (χ0n) is 13.5. The third-order valence-electron chi connectivity index (χ3n) is 4.72. The van der Waals surface area contributed by atoms with Crippen molar-refractivity contribution in [3.05, 3.63) is 66.0 Å². The van der Waals surface area contributed by atoms with Gasteiger partial charge in [0.2, 0.25) is 5.91 Å². The summed E-state index contributed by atoms with van der Waals surface area (Å²) in [6, 6.07) is 14.5. The summed E-state index contributed by atoms with van der Waals surface area (Å²) in [5.74, 6) is 0.714. The highest BCUT2D eigenvalue weighted by Gasteiger charge is 2.32. The van der Waals surface area contributed by atoms with Crippen molar-refractivity contribution < 1.29 is 4.79 Å². The quantitative estimate of drug-likeness (QED) is 0.733. The van der Waals surface area contributed by atoms with Crippen molar-refractivity contribution in [2.75, 3.05) is 0 Å². The third-order valence-corrected chi connectivity index (χ3v) is 4.72. The summed E-state index contributed by atoms with van der Waals surface area (Å²) in [6.07, 6.45) is 7.38. The smallest absolute Gasteiger partial charge is 0.224 e. The van der Waals surface area contributed by atoms with Gasteiger partial charge in [-0.3, -0.25) is 4.79 Å². The Balaban J connectivity index is 1.44. The standard InChI is InChI=1S/C20H21N3O/c24-19(12-16-13-22-20-17(16)7-4-10-21-20)23-18(15-8-9-15)11-14-5-2-1-3-6-14/h1-7,10,13,15,18H,8-9,11-12H2,(H,21,22)(H,23,24). The fourth-order valence-corrected chi connectivity index (χ4v) is 3.29. The Morgan fingerprint density at radius 3 is 2.83 bits per heavy atom. The number of carbonyl (C=O) groups is 1. The summed E-state index contributed by atoms with van der Waals surface area (Å²) in [5, 5.41) is 4.28. The van der Waals surface area contributed by atoms with E-state index in [1.54, 1.807) is 6.20 Å². The summed E-state index contributed by atoms with van der Waals surface area (Å²) in [4.78, 5) is 19.9. The molecule has 0 saturated heterocycles. The monoisotopic (exact) mass is 319 g/mol. The maximum absolute atomic E-state index is 12.5. The zero-order chi connectivity index (χ0) is 16.4. The predicted octanol–water partition coefficient (Wildman–Crippen LogP) is 3.24. The molecule has 3 aromatic rings. The lowest BCUT2D eigenvalue weighted by Gasteiger charge is -2.18. The van der Waals surface area contributed by atoms with E-state index in [4.69, 9.17) is 0 Å². The number of fused-ring (bicyclic) bond motifs is 1. The number of H-pyrrole nitrogens is 1. The third kappa shape index (κ3) is 3.32. The van der Waals surface area contributed by atoms with Crippen LogP contribution in [0.3, 0.4) is 0 Å². The molecule has 2 N–H and O–H groups in total. The number of nitrogens with zero attached hydrogens (tertiary/aromatic N) is 1. The van der Waals surface area contributed by atoms with Crippen molar-refractivity contribution in [3.8, 4) is 0 Å². The molecule has 1 saturated carbocycles. The van der Waals surface area contributed by atoms with Crippen LogP contribution >= 0.6 is 0 Å². The van der Waals surface area contributed by atoms with Crippen LogP contribution in [0.4, 0.5) is 0 Å². The van der Waals surface area contributed by atoms with Crippen LogP contribution in [0.5, 0.6) is 0 Å². The highest BCUT2D eigenvalue weighted by Crippen LogP contribution is 2.34. The van der Waals surface area contributed by atoms with E-state index in [9.17, 15) is 4.79 Å². The number of pyridine rings is 1. The number of nitrogens with one attached hydrogen (secondary N) is 2. The van der Waals surface area contributed by atoms with Crippen molar-refractivity contribution in [2.45, 2.75) is 31.7 Å². The molecule has 24 heavy (non-hydrogen) atoms. The fraction of sp³-hybridized carbons (Fsp3) is 0.300. The molecule has 1 aliphatic carbocycles. The first-order chi connectivity index (χ1) is 11.8. The van der Waals surface area contributed by atoms with Gasteiger partial charge in [-0.2, -0.15) is 0 Å². The van der Waals surface area contributed by atoms with Crippen LogP contribution < -0.4 is 5.32 Å². The largest absolute Gasteiger partial charge is 0.352 e. The fourth-order valence-electron chi connectivity index (χ4n) is 3.29. The summed E-state index contributed by atoms with van der Waals surface area (Å²) in [5.41, 5.74) is 3.12. The van der Waals surface area contributed by atoms with Gasteiger partial charge in [0, 0.05) is 23.8 Å². The van der Waals surface area contributed by atoms with E-state index in [0.717, 1.165) is 23.0 Å². The van der Waals surface area contributed by atoms with E-state index >= 15 is 0 Å². The molecule has 1 amide bonds. The molecule has 0 bridgehead atoms. The van der Waals surface area contributed by atoms with Gasteiger partial charge in [-0.15, -0.1) is 0 Å². The Morgan fingerprint density at radius 2 is 2.04 bits per heavy atom. The second kappa shape index (κ2) is 6.48. The molecule has 2 aromatic heterocycles. The summed E-state index contributed by atoms with van der Waals surface area (Å²) >= 11 is 0. The number of aromatic amines is 1. The van der Waals surface area contributed by atoms with E-state index in [0.29, 0.717) is 12.3 Å². The molecular formula is C20H21N3O. The van der Waals surface area contributed by atoms with E-state index in [2.05, 4.69) is 39.6 Å². The lowest BCUT2D eigenvalue weighted by Crippen LogP contribution is -2.38. The molecule has 0 radical (unpaired) electrons. The summed E-state index contributed by atoms with van der Waals surface area (Å²) in [7, 11) is 0. The number of rotatable bonds is 6. The lowest BCUT2D eigenvalue weighted by atomic mass is 10.0. The molecule has 4 heteroatoms. The van der Waals surface area contributed by atoms with E-state index in [1.807, 2.05) is 24.4 Å². The average Bonchev–Trinajstić information content (AvgIpc) is 3.38. The zero-order valence-corrected chi connectivity index (χ0v) is 13.5. The topological polar surface area (TPSA) is 57.8 Å². The molecule has 1 fully saturated rings. The van der Waals surface area contributed by atoms with Crippen LogP contribution in [-0.4, -0.2) is 21.9 Å². The molecule has 1 aromatic carbocycles. The number of carbonyl (C=O) groups excluding carboxylic acids is 1. The van der Waals surface area contributed by atoms with Crippen LogP contribution in [0.1, 0.15) is 24.0 Å². The molecule has 2 heterocycles. The minimum absolute atomic E-state index is 0.0904. The van der Waals surface area contributed by atoms with E-state index in [1.165, 1.54) is 18.4 Å². The van der Waals surface area contributed by atoms with Gasteiger partial charge in [0.1, 0.15) is 5.65 Å². The average molecular weight is 319 g/mol. The molecule has 122 valence electrons. The Bertz CT molecular complexity index is 836. The molecule has 1 unspecified atom stereocenters. The Labute approximate surface area is 141 Å². The first kappa shape index (κ1) is 14.9. The van der Waals surface area contributed by atoms with Crippen LogP contribution in [0.25, 0.3) is 11.0 Å². The highest BCUT2D eigenvalue weighted by molar-refractivity contribution is 5.87. The molecule has 4 nitrogen and oxygen atoms in total. The van der Waals surface area contributed by atoms with Gasteiger partial charge in [-0.25, -0.2) is 4.98 Å². The van der Waals surface area contributed by atoms with Gasteiger partial charge in [0.25, 0.3) is 0 Å². The minimum atomic E-state index is 0.0904. The second-order valence-electron chi connectivity index (χ2n) is 6.59. The van der Waals surface area contributed by atoms with Crippen LogP contribution in [0, 0.1) is 5.92 Å². The molecule has 1 atom stereocenters. The van der Waals surface area contributed by atoms with Gasteiger partial charge in [-0.1, -0.05) is 30.3 Å². The summed E-state index contributed by atoms with van der Waals surface area (Å²) < 4.78 is 0. The minimum Gasteiger partial charge on any atom is -0.352 e. The summed E-state index contributed by atoms with van der Waals surface area (Å²) in [6.45, 7) is 0. The predicted molar refractivity (Wildman–Crippen MR) is 94.6 cm³/mol. The number of amides is 1. The maximum atomic E-state index is 12.5. The van der Waals surface area contributed by atoms with Crippen molar-refractivity contribution in [1.82, 2.24) is 15.3 Å². The van der Waals surface area contributed by atoms with Crippen molar-refractivity contribution in [3.63, 3.8) is 0 Å². The maximum Gasteiger partial charge on any atom is 0.224 e. The van der Waals surface area contributed by atoms with Gasteiger partial charge in [0.05, 0.1) is 6.42 Å². The SMILES string of the molecule is O=C(Cc1c[nH]c2ncccc12)NC(Cc1ccccc1)C1CC1. The lowest BCUT2D eigenvalue weighted by molar-refractivity contribution is -0.121. The Morgan fingerprint density at radius 1 is 1.21 bits per heavy atom. The number of benzene rings is 1. The van der Waals surface area contributed by atoms with Crippen molar-refractivity contribution in [1.29, 1.82) is 0 Å². The molecule has 0 aliphatic heterocycles. The van der Waals surface area contributed by atoms with Crippen molar-refractivity contribution >= 4 is 16.9 Å². The molecule has 4 rings (SSSR count). The highest BCUT2D eigenvalue weighted by atomic mass is 16.1. The Kier molecular flexibility index (Phi) is 4.03. The Hall–Kier alpha value is -2.62. The molecule has 0 spiro atoms. The molecule has 1 aliphatic rings. The normalized spacial score (nSPS) is 15.3. The first-order valence-electron chi connectivity index (χ1n) is 8.54. The van der Waals surface area contributed by atoms with Gasteiger partial charge in [0.15, 0.2) is 0 Å². The second-order valence-corrected chi connectivity index (χ2v) is 6.59. The van der Waals surface area contributed by atoms with Gasteiger partial charge >= 0.3 is 0 Å². The molecular weight excluding hydrogens is 298 g/mol. The number of hydrogen-bond donors (Lipinski definition) is 2. The first-order valence-corrected chi connectivity index (χ1v) is 8.54. The number of hydrogen-bond acceptors (Lipinski definition) is 2. The van der Waals surface area contributed by atoms with E-state index < -0.39 is 0 Å². The number of aromatic nitrogens is 2. The van der Waals surface area contributed by atoms with Crippen LogP contribution in [-0.2, 0) is 17.6 Å².